The molecule has 1 fully saturated rings. The van der Waals surface area contributed by atoms with Crippen LogP contribution in [0.1, 0.15) is 19.3 Å². The molecule has 18 heavy (non-hydrogen) atoms. The SMILES string of the molecule is O=C(O)CN1C(=O)C(=CC2C=CCCC2)SC1=S. The number of carboxylic acid groups (broad SMARTS) is 1. The van der Waals surface area contributed by atoms with E-state index in [0.717, 1.165) is 24.2 Å². The van der Waals surface area contributed by atoms with E-state index in [2.05, 4.69) is 12.2 Å². The molecule has 1 aliphatic heterocycles. The number of amides is 1. The first kappa shape index (κ1) is 13.3. The number of carbonyl (C=O) groups is 2. The summed E-state index contributed by atoms with van der Waals surface area (Å²) in [6.45, 7) is -0.359. The number of carboxylic acids is 1. The summed E-state index contributed by atoms with van der Waals surface area (Å²) in [6.07, 6.45) is 9.34. The fourth-order valence-corrected chi connectivity index (χ4v) is 3.26. The van der Waals surface area contributed by atoms with E-state index >= 15 is 0 Å². The van der Waals surface area contributed by atoms with Gasteiger partial charge in [-0.3, -0.25) is 14.5 Å². The summed E-state index contributed by atoms with van der Waals surface area (Å²) >= 11 is 6.22. The molecule has 0 aromatic carbocycles. The van der Waals surface area contributed by atoms with E-state index in [9.17, 15) is 9.59 Å². The number of thiocarbonyl (C=S) groups is 1. The Morgan fingerprint density at radius 2 is 2.44 bits per heavy atom. The van der Waals surface area contributed by atoms with Crippen LogP contribution in [0.3, 0.4) is 0 Å². The number of allylic oxidation sites excluding steroid dienone is 3. The van der Waals surface area contributed by atoms with Gasteiger partial charge in [-0.1, -0.05) is 42.2 Å². The highest BCUT2D eigenvalue weighted by molar-refractivity contribution is 8.26. The molecule has 1 N–H and O–H groups in total. The highest BCUT2D eigenvalue weighted by Gasteiger charge is 2.33. The van der Waals surface area contributed by atoms with Crippen molar-refractivity contribution >= 4 is 40.2 Å². The molecule has 0 spiro atoms. The Balaban J connectivity index is 2.11. The van der Waals surface area contributed by atoms with Crippen molar-refractivity contribution in [3.05, 3.63) is 23.1 Å². The Bertz CT molecular complexity index is 456. The summed E-state index contributed by atoms with van der Waals surface area (Å²) in [5, 5.41) is 8.72. The van der Waals surface area contributed by atoms with E-state index in [0.29, 0.717) is 9.23 Å². The van der Waals surface area contributed by atoms with Crippen molar-refractivity contribution < 1.29 is 14.7 Å². The van der Waals surface area contributed by atoms with Gasteiger partial charge in [0, 0.05) is 0 Å². The Morgan fingerprint density at radius 1 is 1.67 bits per heavy atom. The molecule has 1 amide bonds. The maximum atomic E-state index is 12.0. The number of hydrogen-bond donors (Lipinski definition) is 1. The maximum Gasteiger partial charge on any atom is 0.323 e. The van der Waals surface area contributed by atoms with Crippen molar-refractivity contribution in [3.8, 4) is 0 Å². The Kier molecular flexibility index (Phi) is 4.19. The van der Waals surface area contributed by atoms with E-state index < -0.39 is 5.97 Å². The molecular formula is C12H13NO3S2. The number of nitrogens with zero attached hydrogens (tertiary/aromatic N) is 1. The molecule has 0 bridgehead atoms. The van der Waals surface area contributed by atoms with Gasteiger partial charge in [0.15, 0.2) is 0 Å². The van der Waals surface area contributed by atoms with Crippen molar-refractivity contribution in [1.29, 1.82) is 0 Å². The normalized spacial score (nSPS) is 26.1. The molecule has 1 unspecified atom stereocenters. The Morgan fingerprint density at radius 3 is 3.06 bits per heavy atom. The first-order valence-corrected chi connectivity index (χ1v) is 6.94. The molecule has 0 radical (unpaired) electrons. The van der Waals surface area contributed by atoms with Crippen LogP contribution >= 0.6 is 24.0 Å². The van der Waals surface area contributed by atoms with Crippen molar-refractivity contribution in [2.45, 2.75) is 19.3 Å². The summed E-state index contributed by atoms with van der Waals surface area (Å²) < 4.78 is 0.327. The lowest BCUT2D eigenvalue weighted by atomic mass is 9.95. The molecule has 0 aromatic heterocycles. The lowest BCUT2D eigenvalue weighted by Gasteiger charge is -2.12. The highest BCUT2D eigenvalue weighted by Crippen LogP contribution is 2.33. The molecule has 4 nitrogen and oxygen atoms in total. The quantitative estimate of drug-likeness (QED) is 0.489. The third-order valence-corrected chi connectivity index (χ3v) is 4.22. The fourth-order valence-electron chi connectivity index (χ4n) is 1.96. The zero-order chi connectivity index (χ0) is 13.1. The van der Waals surface area contributed by atoms with Gasteiger partial charge < -0.3 is 5.11 Å². The molecule has 1 aliphatic carbocycles. The van der Waals surface area contributed by atoms with Gasteiger partial charge in [-0.2, -0.15) is 0 Å². The highest BCUT2D eigenvalue weighted by atomic mass is 32.2. The van der Waals surface area contributed by atoms with Crippen molar-refractivity contribution in [2.75, 3.05) is 6.54 Å². The third-order valence-electron chi connectivity index (χ3n) is 2.82. The number of rotatable bonds is 3. The minimum Gasteiger partial charge on any atom is -0.480 e. The van der Waals surface area contributed by atoms with Gasteiger partial charge in [0.25, 0.3) is 5.91 Å². The second-order valence-electron chi connectivity index (χ2n) is 4.21. The maximum absolute atomic E-state index is 12.0. The average Bonchev–Trinajstić information content (AvgIpc) is 2.58. The average molecular weight is 283 g/mol. The molecule has 0 aromatic rings. The van der Waals surface area contributed by atoms with Crippen molar-refractivity contribution in [3.63, 3.8) is 0 Å². The van der Waals surface area contributed by atoms with Gasteiger partial charge in [0.2, 0.25) is 0 Å². The number of hydrogen-bond acceptors (Lipinski definition) is 4. The molecule has 1 heterocycles. The summed E-state index contributed by atoms with van der Waals surface area (Å²) in [6, 6.07) is 0. The lowest BCUT2D eigenvalue weighted by Crippen LogP contribution is -2.33. The van der Waals surface area contributed by atoms with Gasteiger partial charge in [-0.05, 0) is 25.2 Å². The number of aliphatic carboxylic acids is 1. The van der Waals surface area contributed by atoms with Crippen LogP contribution in [0, 0.1) is 5.92 Å². The van der Waals surface area contributed by atoms with Gasteiger partial charge in [0.1, 0.15) is 10.9 Å². The van der Waals surface area contributed by atoms with Crippen LogP contribution < -0.4 is 0 Å². The van der Waals surface area contributed by atoms with Crippen LogP contribution in [0.15, 0.2) is 23.1 Å². The predicted octanol–water partition coefficient (Wildman–Crippen LogP) is 2.17. The fraction of sp³-hybridized carbons (Fsp3) is 0.417. The lowest BCUT2D eigenvalue weighted by molar-refractivity contribution is -0.140. The Labute approximate surface area is 115 Å². The standard InChI is InChI=1S/C12H13NO3S2/c14-10(15)7-13-11(16)9(18-12(13)17)6-8-4-2-1-3-5-8/h2,4,6,8H,1,3,5,7H2,(H,14,15). The molecule has 0 saturated carbocycles. The van der Waals surface area contributed by atoms with Crippen LogP contribution in [0.2, 0.25) is 0 Å². The van der Waals surface area contributed by atoms with E-state index in [1.54, 1.807) is 0 Å². The minimum atomic E-state index is -1.05. The molecule has 6 heteroatoms. The zero-order valence-corrected chi connectivity index (χ0v) is 11.3. The van der Waals surface area contributed by atoms with Gasteiger partial charge in [-0.25, -0.2) is 0 Å². The molecule has 1 saturated heterocycles. The summed E-state index contributed by atoms with van der Waals surface area (Å²) in [4.78, 5) is 24.3. The number of carbonyl (C=O) groups excluding carboxylic acids is 1. The van der Waals surface area contributed by atoms with Crippen molar-refractivity contribution in [1.82, 2.24) is 4.90 Å². The smallest absolute Gasteiger partial charge is 0.323 e. The first-order valence-electron chi connectivity index (χ1n) is 5.72. The number of thioether (sulfide) groups is 1. The van der Waals surface area contributed by atoms with Crippen LogP contribution in [-0.2, 0) is 9.59 Å². The molecule has 2 aliphatic rings. The zero-order valence-electron chi connectivity index (χ0n) is 9.67. The second kappa shape index (κ2) is 5.67. The summed E-state index contributed by atoms with van der Waals surface area (Å²) in [7, 11) is 0. The topological polar surface area (TPSA) is 57.6 Å². The van der Waals surface area contributed by atoms with E-state index in [1.165, 1.54) is 11.8 Å². The van der Waals surface area contributed by atoms with Crippen LogP contribution in [0.25, 0.3) is 0 Å². The summed E-state index contributed by atoms with van der Waals surface area (Å²) in [5.74, 6) is -1.07. The van der Waals surface area contributed by atoms with Gasteiger partial charge in [0.05, 0.1) is 4.91 Å². The first-order chi connectivity index (χ1) is 8.58. The van der Waals surface area contributed by atoms with E-state index in [1.807, 2.05) is 6.08 Å². The van der Waals surface area contributed by atoms with E-state index in [4.69, 9.17) is 17.3 Å². The molecular weight excluding hydrogens is 270 g/mol. The van der Waals surface area contributed by atoms with E-state index in [-0.39, 0.29) is 18.4 Å². The monoisotopic (exact) mass is 283 g/mol. The Hall–Kier alpha value is -1.14. The summed E-state index contributed by atoms with van der Waals surface area (Å²) in [5.41, 5.74) is 0. The molecule has 96 valence electrons. The third kappa shape index (κ3) is 3.00. The van der Waals surface area contributed by atoms with Crippen LogP contribution in [0.5, 0.6) is 0 Å². The molecule has 2 rings (SSSR count). The largest absolute Gasteiger partial charge is 0.480 e. The van der Waals surface area contributed by atoms with Gasteiger partial charge in [-0.15, -0.1) is 0 Å². The van der Waals surface area contributed by atoms with Gasteiger partial charge >= 0.3 is 5.97 Å². The second-order valence-corrected chi connectivity index (χ2v) is 5.88. The van der Waals surface area contributed by atoms with Crippen LogP contribution in [-0.4, -0.2) is 32.7 Å². The molecule has 1 atom stereocenters. The van der Waals surface area contributed by atoms with Crippen molar-refractivity contribution in [2.24, 2.45) is 5.92 Å². The predicted molar refractivity (Wildman–Crippen MR) is 74.1 cm³/mol. The minimum absolute atomic E-state index is 0.262. The van der Waals surface area contributed by atoms with Crippen LogP contribution in [0.4, 0.5) is 0 Å².